The smallest absolute Gasteiger partial charge is 0.253 e. The van der Waals surface area contributed by atoms with Crippen LogP contribution in [0.4, 0.5) is 0 Å². The van der Waals surface area contributed by atoms with E-state index in [9.17, 15) is 9.90 Å². The summed E-state index contributed by atoms with van der Waals surface area (Å²) in [7, 11) is 2.18. The topological polar surface area (TPSA) is 47.0 Å². The lowest BCUT2D eigenvalue weighted by molar-refractivity contribution is 0.0389. The van der Waals surface area contributed by atoms with E-state index in [0.29, 0.717) is 12.1 Å². The van der Waals surface area contributed by atoms with Crippen molar-refractivity contribution in [1.29, 1.82) is 0 Å². The number of benzene rings is 2. The maximum absolute atomic E-state index is 12.8. The van der Waals surface area contributed by atoms with Crippen molar-refractivity contribution < 1.29 is 9.90 Å². The number of amides is 1. The Morgan fingerprint density at radius 2 is 1.67 bits per heavy atom. The fraction of sp³-hybridized carbons (Fsp3) is 0.480. The van der Waals surface area contributed by atoms with Crippen LogP contribution in [0.1, 0.15) is 54.2 Å². The molecule has 2 saturated heterocycles. The van der Waals surface area contributed by atoms with Crippen molar-refractivity contribution in [3.05, 3.63) is 65.2 Å². The first-order chi connectivity index (χ1) is 14.4. The van der Waals surface area contributed by atoms with Crippen molar-refractivity contribution in [3.63, 3.8) is 0 Å². The van der Waals surface area contributed by atoms with Crippen LogP contribution in [0.3, 0.4) is 0 Å². The molecule has 4 rings (SSSR count). The first-order valence-electron chi connectivity index (χ1n) is 11.1. The van der Waals surface area contributed by atoms with Crippen LogP contribution in [0, 0.1) is 0 Å². The Balaban J connectivity index is 1.66. The highest BCUT2D eigenvalue weighted by atomic mass is 16.3. The number of hydrogen-bond acceptors (Lipinski definition) is 4. The number of piperazine rings is 1. The monoisotopic (exact) mass is 407 g/mol. The molecule has 3 atom stereocenters. The van der Waals surface area contributed by atoms with Gasteiger partial charge in [0.1, 0.15) is 5.75 Å². The van der Waals surface area contributed by atoms with E-state index in [1.54, 1.807) is 6.07 Å². The summed E-state index contributed by atoms with van der Waals surface area (Å²) in [5.41, 5.74) is 2.99. The van der Waals surface area contributed by atoms with Gasteiger partial charge < -0.3 is 14.9 Å². The number of nitrogens with zero attached hydrogens (tertiary/aromatic N) is 3. The maximum atomic E-state index is 12.8. The maximum Gasteiger partial charge on any atom is 0.253 e. The van der Waals surface area contributed by atoms with Crippen LogP contribution in [-0.4, -0.2) is 71.0 Å². The summed E-state index contributed by atoms with van der Waals surface area (Å²) in [4.78, 5) is 19.6. The Morgan fingerprint density at radius 1 is 0.967 bits per heavy atom. The molecule has 2 fully saturated rings. The number of likely N-dealkylation sites (N-methyl/N-ethyl adjacent to an activating group) is 1. The fourth-order valence-electron chi connectivity index (χ4n) is 4.87. The van der Waals surface area contributed by atoms with Gasteiger partial charge in [0.25, 0.3) is 5.91 Å². The van der Waals surface area contributed by atoms with Crippen molar-refractivity contribution in [2.75, 3.05) is 33.2 Å². The molecule has 5 nitrogen and oxygen atoms in total. The van der Waals surface area contributed by atoms with E-state index in [2.05, 4.69) is 48.9 Å². The van der Waals surface area contributed by atoms with E-state index in [1.165, 1.54) is 0 Å². The Bertz CT molecular complexity index is 876. The number of aromatic hydroxyl groups is 1. The van der Waals surface area contributed by atoms with Crippen LogP contribution in [0.2, 0.25) is 0 Å². The number of phenols is 1. The molecule has 2 aromatic rings. The number of rotatable bonds is 4. The minimum absolute atomic E-state index is 0.0409. The predicted octanol–water partition coefficient (Wildman–Crippen LogP) is 3.74. The lowest BCUT2D eigenvalue weighted by Gasteiger charge is -2.46. The average Bonchev–Trinajstić information content (AvgIpc) is 3.27. The summed E-state index contributed by atoms with van der Waals surface area (Å²) in [5.74, 6) is 0.419. The summed E-state index contributed by atoms with van der Waals surface area (Å²) in [5, 5.41) is 10.1. The Morgan fingerprint density at radius 3 is 2.33 bits per heavy atom. The summed E-state index contributed by atoms with van der Waals surface area (Å²) >= 11 is 0. The first kappa shape index (κ1) is 20.9. The largest absolute Gasteiger partial charge is 0.508 e. The molecule has 160 valence electrons. The summed E-state index contributed by atoms with van der Waals surface area (Å²) in [6.45, 7) is 8.21. The molecule has 5 heteroatoms. The van der Waals surface area contributed by atoms with Crippen molar-refractivity contribution in [2.45, 2.75) is 44.8 Å². The minimum atomic E-state index is 0.0409. The van der Waals surface area contributed by atoms with Gasteiger partial charge in [0.15, 0.2) is 0 Å². The van der Waals surface area contributed by atoms with E-state index in [1.807, 2.05) is 29.2 Å². The molecule has 0 radical (unpaired) electrons. The molecule has 0 spiro atoms. The summed E-state index contributed by atoms with van der Waals surface area (Å²) in [6, 6.07) is 16.6. The quantitative estimate of drug-likeness (QED) is 0.839. The van der Waals surface area contributed by atoms with Crippen LogP contribution >= 0.6 is 0 Å². The van der Waals surface area contributed by atoms with Gasteiger partial charge >= 0.3 is 0 Å². The van der Waals surface area contributed by atoms with Gasteiger partial charge in [-0.15, -0.1) is 0 Å². The number of likely N-dealkylation sites (tertiary alicyclic amines) is 1. The number of hydrogen-bond donors (Lipinski definition) is 1. The van der Waals surface area contributed by atoms with Gasteiger partial charge in [-0.1, -0.05) is 24.3 Å². The third-order valence-electron chi connectivity index (χ3n) is 6.73. The molecular weight excluding hydrogens is 374 g/mol. The van der Waals surface area contributed by atoms with Crippen molar-refractivity contribution in [1.82, 2.24) is 14.7 Å². The van der Waals surface area contributed by atoms with Gasteiger partial charge in [-0.25, -0.2) is 0 Å². The Kier molecular flexibility index (Phi) is 6.11. The Labute approximate surface area is 179 Å². The molecule has 0 saturated carbocycles. The third kappa shape index (κ3) is 4.23. The van der Waals surface area contributed by atoms with Crippen LogP contribution < -0.4 is 0 Å². The van der Waals surface area contributed by atoms with E-state index in [0.717, 1.165) is 55.7 Å². The second-order valence-corrected chi connectivity index (χ2v) is 8.95. The SMILES string of the molecule is C[C@@H]1CN([C@@H](c2ccc(C(=O)N3CCCC3)cc2)c2cccc(O)c2)[C@H](C)CN1C. The Hall–Kier alpha value is -2.37. The highest BCUT2D eigenvalue weighted by Gasteiger charge is 2.33. The molecule has 1 N–H and O–H groups in total. The lowest BCUT2D eigenvalue weighted by Crippen LogP contribution is -2.55. The van der Waals surface area contributed by atoms with Gasteiger partial charge in [0.05, 0.1) is 6.04 Å². The summed E-state index contributed by atoms with van der Waals surface area (Å²) < 4.78 is 0. The van der Waals surface area contributed by atoms with Crippen LogP contribution in [0.15, 0.2) is 48.5 Å². The first-order valence-corrected chi connectivity index (χ1v) is 11.1. The molecule has 2 aliphatic heterocycles. The van der Waals surface area contributed by atoms with Crippen LogP contribution in [0.25, 0.3) is 0 Å². The van der Waals surface area contributed by atoms with E-state index >= 15 is 0 Å². The minimum Gasteiger partial charge on any atom is -0.508 e. The van der Waals surface area contributed by atoms with Crippen molar-refractivity contribution in [2.24, 2.45) is 0 Å². The highest BCUT2D eigenvalue weighted by molar-refractivity contribution is 5.94. The van der Waals surface area contributed by atoms with Gasteiger partial charge in [-0.3, -0.25) is 9.69 Å². The predicted molar refractivity (Wildman–Crippen MR) is 120 cm³/mol. The van der Waals surface area contributed by atoms with Crippen molar-refractivity contribution in [3.8, 4) is 5.75 Å². The number of phenolic OH excluding ortho intramolecular Hbond substituents is 1. The molecule has 0 aliphatic carbocycles. The summed E-state index contributed by atoms with van der Waals surface area (Å²) in [6.07, 6.45) is 2.20. The molecule has 2 aromatic carbocycles. The molecule has 2 heterocycles. The van der Waals surface area contributed by atoms with E-state index in [-0.39, 0.29) is 17.7 Å². The van der Waals surface area contributed by atoms with Gasteiger partial charge in [0, 0.05) is 43.8 Å². The zero-order chi connectivity index (χ0) is 21.3. The zero-order valence-corrected chi connectivity index (χ0v) is 18.3. The number of carbonyl (C=O) groups is 1. The average molecular weight is 408 g/mol. The van der Waals surface area contributed by atoms with Gasteiger partial charge in [-0.2, -0.15) is 0 Å². The molecule has 2 aliphatic rings. The van der Waals surface area contributed by atoms with Crippen LogP contribution in [-0.2, 0) is 0 Å². The molecular formula is C25H33N3O2. The normalized spacial score (nSPS) is 24.2. The molecule has 0 unspecified atom stereocenters. The number of carbonyl (C=O) groups excluding carboxylic acids is 1. The van der Waals surface area contributed by atoms with E-state index < -0.39 is 0 Å². The molecule has 0 aromatic heterocycles. The van der Waals surface area contributed by atoms with Crippen LogP contribution in [0.5, 0.6) is 5.75 Å². The second kappa shape index (κ2) is 8.78. The highest BCUT2D eigenvalue weighted by Crippen LogP contribution is 2.34. The molecule has 0 bridgehead atoms. The van der Waals surface area contributed by atoms with E-state index in [4.69, 9.17) is 0 Å². The van der Waals surface area contributed by atoms with Gasteiger partial charge in [-0.05, 0) is 69.1 Å². The fourth-order valence-corrected chi connectivity index (χ4v) is 4.87. The standard InChI is InChI=1S/C25H33N3O2/c1-18-17-28(19(2)16-26(18)3)24(22-7-6-8-23(29)15-22)20-9-11-21(12-10-20)25(30)27-13-4-5-14-27/h6-12,15,18-19,24,29H,4-5,13-14,16-17H2,1-3H3/t18-,19-,24+/m1/s1. The zero-order valence-electron chi connectivity index (χ0n) is 18.3. The second-order valence-electron chi connectivity index (χ2n) is 8.95. The molecule has 1 amide bonds. The third-order valence-corrected chi connectivity index (χ3v) is 6.73. The lowest BCUT2D eigenvalue weighted by atomic mass is 9.93. The van der Waals surface area contributed by atoms with Gasteiger partial charge in [0.2, 0.25) is 0 Å². The van der Waals surface area contributed by atoms with Crippen molar-refractivity contribution >= 4 is 5.91 Å². The molecule has 30 heavy (non-hydrogen) atoms.